The molecule has 0 radical (unpaired) electrons. The van der Waals surface area contributed by atoms with Crippen LogP contribution in [0.15, 0.2) is 18.2 Å². The third-order valence-corrected chi connectivity index (χ3v) is 3.62. The lowest BCUT2D eigenvalue weighted by Gasteiger charge is -2.31. The lowest BCUT2D eigenvalue weighted by Crippen LogP contribution is -2.40. The van der Waals surface area contributed by atoms with E-state index in [1.165, 1.54) is 0 Å². The van der Waals surface area contributed by atoms with Crippen LogP contribution in [-0.4, -0.2) is 35.5 Å². The Morgan fingerprint density at radius 1 is 1.44 bits per heavy atom. The molecule has 0 unspecified atom stereocenters. The number of rotatable bonds is 2. The van der Waals surface area contributed by atoms with Crippen molar-refractivity contribution in [2.45, 2.75) is 19.8 Å². The molecule has 0 aromatic heterocycles. The Bertz CT molecular complexity index is 437. The SMILES string of the molecule is Cc1ccc(O)c(C(=O)N2CCC(CN)CC2)c1. The fourth-order valence-corrected chi connectivity index (χ4v) is 2.36. The molecule has 3 N–H and O–H groups in total. The number of likely N-dealkylation sites (tertiary alicyclic amines) is 1. The first-order valence-electron chi connectivity index (χ1n) is 6.40. The van der Waals surface area contributed by atoms with Crippen LogP contribution in [0, 0.1) is 12.8 Å². The highest BCUT2D eigenvalue weighted by molar-refractivity contribution is 5.97. The van der Waals surface area contributed by atoms with E-state index in [0.717, 1.165) is 31.5 Å². The number of carbonyl (C=O) groups is 1. The molecule has 1 heterocycles. The predicted octanol–water partition coefficient (Wildman–Crippen LogP) is 1.51. The zero-order chi connectivity index (χ0) is 13.1. The average molecular weight is 248 g/mol. The lowest BCUT2D eigenvalue weighted by molar-refractivity contribution is 0.0690. The van der Waals surface area contributed by atoms with Crippen LogP contribution in [0.2, 0.25) is 0 Å². The summed E-state index contributed by atoms with van der Waals surface area (Å²) in [5.41, 5.74) is 7.02. The van der Waals surface area contributed by atoms with Gasteiger partial charge >= 0.3 is 0 Å². The van der Waals surface area contributed by atoms with E-state index < -0.39 is 0 Å². The molecule has 2 rings (SSSR count). The van der Waals surface area contributed by atoms with Crippen molar-refractivity contribution in [3.63, 3.8) is 0 Å². The molecule has 1 aromatic rings. The number of benzene rings is 1. The van der Waals surface area contributed by atoms with Crippen molar-refractivity contribution >= 4 is 5.91 Å². The van der Waals surface area contributed by atoms with E-state index in [1.54, 1.807) is 23.1 Å². The minimum atomic E-state index is -0.0772. The highest BCUT2D eigenvalue weighted by Gasteiger charge is 2.24. The normalized spacial score (nSPS) is 16.9. The zero-order valence-electron chi connectivity index (χ0n) is 10.7. The fourth-order valence-electron chi connectivity index (χ4n) is 2.36. The van der Waals surface area contributed by atoms with E-state index >= 15 is 0 Å². The summed E-state index contributed by atoms with van der Waals surface area (Å²) < 4.78 is 0. The van der Waals surface area contributed by atoms with E-state index in [1.807, 2.05) is 6.92 Å². The molecule has 1 amide bonds. The number of phenolic OH excluding ortho intramolecular Hbond substituents is 1. The van der Waals surface area contributed by atoms with Gasteiger partial charge in [-0.15, -0.1) is 0 Å². The number of phenols is 1. The number of carbonyl (C=O) groups excluding carboxylic acids is 1. The van der Waals surface area contributed by atoms with Crippen LogP contribution in [0.1, 0.15) is 28.8 Å². The third kappa shape index (κ3) is 2.64. The van der Waals surface area contributed by atoms with Crippen molar-refractivity contribution in [1.82, 2.24) is 4.90 Å². The van der Waals surface area contributed by atoms with Gasteiger partial charge in [0.05, 0.1) is 5.56 Å². The molecule has 18 heavy (non-hydrogen) atoms. The zero-order valence-corrected chi connectivity index (χ0v) is 10.7. The van der Waals surface area contributed by atoms with E-state index in [4.69, 9.17) is 5.73 Å². The molecular formula is C14H20N2O2. The number of nitrogens with two attached hydrogens (primary N) is 1. The number of hydrogen-bond acceptors (Lipinski definition) is 3. The lowest BCUT2D eigenvalue weighted by atomic mass is 9.96. The Morgan fingerprint density at radius 3 is 2.72 bits per heavy atom. The minimum Gasteiger partial charge on any atom is -0.507 e. The van der Waals surface area contributed by atoms with Crippen molar-refractivity contribution in [2.24, 2.45) is 11.7 Å². The molecule has 0 spiro atoms. The van der Waals surface area contributed by atoms with Crippen LogP contribution < -0.4 is 5.73 Å². The van der Waals surface area contributed by atoms with Gasteiger partial charge in [0, 0.05) is 13.1 Å². The van der Waals surface area contributed by atoms with Gasteiger partial charge in [0.25, 0.3) is 5.91 Å². The average Bonchev–Trinajstić information content (AvgIpc) is 2.41. The molecule has 4 heteroatoms. The number of aryl methyl sites for hydroxylation is 1. The highest BCUT2D eigenvalue weighted by Crippen LogP contribution is 2.23. The summed E-state index contributed by atoms with van der Waals surface area (Å²) in [5, 5.41) is 9.77. The maximum absolute atomic E-state index is 12.3. The van der Waals surface area contributed by atoms with Crippen molar-refractivity contribution in [1.29, 1.82) is 0 Å². The molecule has 0 aliphatic carbocycles. The van der Waals surface area contributed by atoms with Gasteiger partial charge in [0.2, 0.25) is 0 Å². The van der Waals surface area contributed by atoms with Crippen molar-refractivity contribution in [2.75, 3.05) is 19.6 Å². The molecule has 1 aliphatic heterocycles. The summed E-state index contributed by atoms with van der Waals surface area (Å²) >= 11 is 0. The summed E-state index contributed by atoms with van der Waals surface area (Å²) in [4.78, 5) is 14.1. The monoisotopic (exact) mass is 248 g/mol. The van der Waals surface area contributed by atoms with E-state index in [9.17, 15) is 9.90 Å². The topological polar surface area (TPSA) is 66.6 Å². The smallest absolute Gasteiger partial charge is 0.257 e. The van der Waals surface area contributed by atoms with Gasteiger partial charge in [0.1, 0.15) is 5.75 Å². The standard InChI is InChI=1S/C14H20N2O2/c1-10-2-3-13(17)12(8-10)14(18)16-6-4-11(9-15)5-7-16/h2-3,8,11,17H,4-7,9,15H2,1H3. The number of hydrogen-bond donors (Lipinski definition) is 2. The largest absolute Gasteiger partial charge is 0.507 e. The summed E-state index contributed by atoms with van der Waals surface area (Å²) in [6.07, 6.45) is 1.91. The predicted molar refractivity (Wildman–Crippen MR) is 70.5 cm³/mol. The highest BCUT2D eigenvalue weighted by atomic mass is 16.3. The van der Waals surface area contributed by atoms with E-state index in [2.05, 4.69) is 0 Å². The first-order chi connectivity index (χ1) is 8.61. The van der Waals surface area contributed by atoms with Crippen molar-refractivity contribution < 1.29 is 9.90 Å². The Labute approximate surface area is 107 Å². The van der Waals surface area contributed by atoms with Gasteiger partial charge in [-0.3, -0.25) is 4.79 Å². The molecule has 98 valence electrons. The van der Waals surface area contributed by atoms with Gasteiger partial charge < -0.3 is 15.7 Å². The quantitative estimate of drug-likeness (QED) is 0.833. The van der Waals surface area contributed by atoms with Gasteiger partial charge in [0.15, 0.2) is 0 Å². The van der Waals surface area contributed by atoms with Gasteiger partial charge in [-0.25, -0.2) is 0 Å². The van der Waals surface area contributed by atoms with Crippen molar-refractivity contribution in [3.05, 3.63) is 29.3 Å². The second-order valence-electron chi connectivity index (χ2n) is 4.99. The maximum Gasteiger partial charge on any atom is 0.257 e. The van der Waals surface area contributed by atoms with Crippen molar-refractivity contribution in [3.8, 4) is 5.75 Å². The first kappa shape index (κ1) is 12.9. The fraction of sp³-hybridized carbons (Fsp3) is 0.500. The molecule has 0 saturated carbocycles. The minimum absolute atomic E-state index is 0.0616. The summed E-state index contributed by atoms with van der Waals surface area (Å²) in [6.45, 7) is 4.07. The Morgan fingerprint density at radius 2 is 2.11 bits per heavy atom. The second kappa shape index (κ2) is 5.40. The van der Waals surface area contributed by atoms with E-state index in [-0.39, 0.29) is 11.7 Å². The third-order valence-electron chi connectivity index (χ3n) is 3.62. The van der Waals surface area contributed by atoms with Crippen LogP contribution >= 0.6 is 0 Å². The van der Waals surface area contributed by atoms with Gasteiger partial charge in [-0.1, -0.05) is 11.6 Å². The van der Waals surface area contributed by atoms with Crippen LogP contribution in [-0.2, 0) is 0 Å². The number of aromatic hydroxyl groups is 1. The first-order valence-corrected chi connectivity index (χ1v) is 6.40. The van der Waals surface area contributed by atoms with Crippen LogP contribution in [0.4, 0.5) is 0 Å². The van der Waals surface area contributed by atoms with Crippen LogP contribution in [0.25, 0.3) is 0 Å². The van der Waals surface area contributed by atoms with Crippen LogP contribution in [0.3, 0.4) is 0 Å². The molecule has 0 bridgehead atoms. The van der Waals surface area contributed by atoms with Gasteiger partial charge in [-0.2, -0.15) is 0 Å². The molecule has 1 aliphatic rings. The number of amides is 1. The molecular weight excluding hydrogens is 228 g/mol. The van der Waals surface area contributed by atoms with Crippen LogP contribution in [0.5, 0.6) is 5.75 Å². The molecule has 1 aromatic carbocycles. The Hall–Kier alpha value is -1.55. The Balaban J connectivity index is 2.10. The molecule has 1 fully saturated rings. The van der Waals surface area contributed by atoms with Gasteiger partial charge in [-0.05, 0) is 44.4 Å². The van der Waals surface area contributed by atoms with E-state index in [0.29, 0.717) is 18.0 Å². The number of nitrogens with zero attached hydrogens (tertiary/aromatic N) is 1. The summed E-state index contributed by atoms with van der Waals surface area (Å²) in [5.74, 6) is 0.512. The molecule has 1 saturated heterocycles. The second-order valence-corrected chi connectivity index (χ2v) is 4.99. The summed E-state index contributed by atoms with van der Waals surface area (Å²) in [7, 11) is 0. The maximum atomic E-state index is 12.3. The Kier molecular flexibility index (Phi) is 3.87. The summed E-state index contributed by atoms with van der Waals surface area (Å²) in [6, 6.07) is 5.12. The number of piperidine rings is 1. The molecule has 4 nitrogen and oxygen atoms in total. The molecule has 0 atom stereocenters.